The van der Waals surface area contributed by atoms with E-state index in [0.717, 1.165) is 29.1 Å². The van der Waals surface area contributed by atoms with Crippen LogP contribution in [0.3, 0.4) is 0 Å². The van der Waals surface area contributed by atoms with Crippen molar-refractivity contribution in [1.29, 1.82) is 0 Å². The van der Waals surface area contributed by atoms with E-state index in [1.165, 1.54) is 21.7 Å². The molecule has 5 rings (SSSR count). The first-order valence-electron chi connectivity index (χ1n) is 7.80. The molecule has 0 unspecified atom stereocenters. The van der Waals surface area contributed by atoms with E-state index in [9.17, 15) is 0 Å². The molecule has 0 spiro atoms. The van der Waals surface area contributed by atoms with Gasteiger partial charge in [-0.15, -0.1) is 11.3 Å². The molecule has 3 heterocycles. The van der Waals surface area contributed by atoms with Crippen molar-refractivity contribution in [3.8, 4) is 22.5 Å². The number of anilines is 2. The van der Waals surface area contributed by atoms with E-state index in [2.05, 4.69) is 56.2 Å². The molecule has 0 amide bonds. The summed E-state index contributed by atoms with van der Waals surface area (Å²) in [6.45, 7) is 0. The molecule has 4 aromatic rings. The number of H-pyrrole nitrogens is 1. The highest BCUT2D eigenvalue weighted by atomic mass is 32.1. The minimum absolute atomic E-state index is 0.976. The van der Waals surface area contributed by atoms with Gasteiger partial charge in [-0.1, -0.05) is 12.1 Å². The summed E-state index contributed by atoms with van der Waals surface area (Å²) in [5, 5.41) is 13.3. The smallest absolute Gasteiger partial charge is 0.0962 e. The molecule has 3 aromatic heterocycles. The number of thiophene rings is 1. The van der Waals surface area contributed by atoms with Crippen molar-refractivity contribution in [3.05, 3.63) is 70.7 Å². The molecule has 1 aliphatic carbocycles. The van der Waals surface area contributed by atoms with Gasteiger partial charge in [-0.25, -0.2) is 0 Å². The van der Waals surface area contributed by atoms with Crippen LogP contribution in [0.4, 0.5) is 11.4 Å². The Hall–Kier alpha value is -2.92. The van der Waals surface area contributed by atoms with Crippen molar-refractivity contribution < 1.29 is 0 Å². The number of fused-ring (bicyclic) bond motifs is 3. The molecule has 0 saturated heterocycles. The fourth-order valence-electron chi connectivity index (χ4n) is 3.17. The van der Waals surface area contributed by atoms with E-state index in [4.69, 9.17) is 0 Å². The van der Waals surface area contributed by atoms with E-state index in [-0.39, 0.29) is 0 Å². The molecule has 1 aromatic carbocycles. The van der Waals surface area contributed by atoms with E-state index >= 15 is 0 Å². The topological polar surface area (TPSA) is 53.6 Å². The Balaban J connectivity index is 1.44. The Kier molecular flexibility index (Phi) is 2.99. The number of hydrogen-bond acceptors (Lipinski definition) is 4. The Bertz CT molecular complexity index is 1000. The van der Waals surface area contributed by atoms with Crippen molar-refractivity contribution in [3.63, 3.8) is 0 Å². The van der Waals surface area contributed by atoms with E-state index in [1.807, 2.05) is 29.7 Å². The maximum atomic E-state index is 4.55. The lowest BCUT2D eigenvalue weighted by atomic mass is 10.1. The summed E-state index contributed by atoms with van der Waals surface area (Å²) in [5.41, 5.74) is 8.02. The third kappa shape index (κ3) is 2.13. The van der Waals surface area contributed by atoms with E-state index < -0.39 is 0 Å². The van der Waals surface area contributed by atoms with Gasteiger partial charge in [0.05, 0.1) is 23.3 Å². The normalized spacial score (nSPS) is 12.0. The molecule has 0 radical (unpaired) electrons. The molecule has 1 aliphatic rings. The molecular weight excluding hydrogens is 316 g/mol. The first kappa shape index (κ1) is 13.5. The highest BCUT2D eigenvalue weighted by molar-refractivity contribution is 7.10. The van der Waals surface area contributed by atoms with Gasteiger partial charge in [0.15, 0.2) is 0 Å². The number of benzene rings is 1. The maximum Gasteiger partial charge on any atom is 0.0962 e. The molecule has 4 nitrogen and oxygen atoms in total. The lowest BCUT2D eigenvalue weighted by Gasteiger charge is -2.07. The van der Waals surface area contributed by atoms with Crippen molar-refractivity contribution in [2.75, 3.05) is 5.32 Å². The van der Waals surface area contributed by atoms with Crippen molar-refractivity contribution in [2.24, 2.45) is 0 Å². The standard InChI is InChI=1S/C19H14N4S/c1-2-14(11-20-8-1)21-13-5-3-12(4-6-13)18-16-10-17-15(7-9-24-17)19(16)23-22-18/h1-9,11,21H,10H2,(H,22,23). The van der Waals surface area contributed by atoms with Crippen molar-refractivity contribution in [1.82, 2.24) is 15.2 Å². The number of hydrogen-bond donors (Lipinski definition) is 2. The van der Waals surface area contributed by atoms with Crippen LogP contribution in [0.1, 0.15) is 10.4 Å². The Morgan fingerprint density at radius 1 is 1.04 bits per heavy atom. The lowest BCUT2D eigenvalue weighted by Crippen LogP contribution is -1.91. The third-order valence-electron chi connectivity index (χ3n) is 4.33. The summed E-state index contributed by atoms with van der Waals surface area (Å²) in [4.78, 5) is 5.54. The van der Waals surface area contributed by atoms with Gasteiger partial charge in [0.25, 0.3) is 0 Å². The van der Waals surface area contributed by atoms with Crippen LogP contribution in [0.15, 0.2) is 60.2 Å². The number of nitrogens with zero attached hydrogens (tertiary/aromatic N) is 2. The van der Waals surface area contributed by atoms with Gasteiger partial charge in [0.1, 0.15) is 0 Å². The number of aromatic nitrogens is 3. The van der Waals surface area contributed by atoms with Gasteiger partial charge in [0.2, 0.25) is 0 Å². The first-order valence-corrected chi connectivity index (χ1v) is 8.68. The quantitative estimate of drug-likeness (QED) is 0.497. The van der Waals surface area contributed by atoms with Crippen molar-refractivity contribution >= 4 is 22.7 Å². The van der Waals surface area contributed by atoms with Gasteiger partial charge >= 0.3 is 0 Å². The van der Waals surface area contributed by atoms with Gasteiger partial charge in [0, 0.05) is 39.9 Å². The zero-order valence-electron chi connectivity index (χ0n) is 12.8. The zero-order valence-corrected chi connectivity index (χ0v) is 13.6. The summed E-state index contributed by atoms with van der Waals surface area (Å²) >= 11 is 1.82. The lowest BCUT2D eigenvalue weighted by molar-refractivity contribution is 1.10. The largest absolute Gasteiger partial charge is 0.354 e. The highest BCUT2D eigenvalue weighted by Gasteiger charge is 2.25. The summed E-state index contributed by atoms with van der Waals surface area (Å²) in [7, 11) is 0. The van der Waals surface area contributed by atoms with Crippen LogP contribution in [0.25, 0.3) is 22.5 Å². The fourth-order valence-corrected chi connectivity index (χ4v) is 4.07. The van der Waals surface area contributed by atoms with Gasteiger partial charge in [-0.2, -0.15) is 5.10 Å². The predicted molar refractivity (Wildman–Crippen MR) is 97.7 cm³/mol. The second-order valence-corrected chi connectivity index (χ2v) is 6.80. The number of rotatable bonds is 3. The van der Waals surface area contributed by atoms with E-state index in [0.29, 0.717) is 0 Å². The van der Waals surface area contributed by atoms with Crippen LogP contribution in [0.2, 0.25) is 0 Å². The zero-order chi connectivity index (χ0) is 15.9. The molecule has 0 atom stereocenters. The van der Waals surface area contributed by atoms with Crippen LogP contribution < -0.4 is 5.32 Å². The SMILES string of the molecule is c1cncc(Nc2ccc(-c3n[nH]c4c3Cc3sccc3-4)cc2)c1. The predicted octanol–water partition coefficient (Wildman–Crippen LogP) is 4.85. The third-order valence-corrected chi connectivity index (χ3v) is 5.25. The van der Waals surface area contributed by atoms with Gasteiger partial charge in [-0.3, -0.25) is 10.1 Å². The highest BCUT2D eigenvalue weighted by Crippen LogP contribution is 2.42. The monoisotopic (exact) mass is 330 g/mol. The summed E-state index contributed by atoms with van der Waals surface area (Å²) in [5.74, 6) is 0. The minimum Gasteiger partial charge on any atom is -0.354 e. The number of nitrogens with one attached hydrogen (secondary N) is 2. The van der Waals surface area contributed by atoms with Crippen LogP contribution >= 0.6 is 11.3 Å². The van der Waals surface area contributed by atoms with Crippen LogP contribution in [0.5, 0.6) is 0 Å². The molecule has 0 saturated carbocycles. The van der Waals surface area contributed by atoms with Crippen molar-refractivity contribution in [2.45, 2.75) is 6.42 Å². The Morgan fingerprint density at radius 3 is 2.79 bits per heavy atom. The van der Waals surface area contributed by atoms with Gasteiger partial charge < -0.3 is 5.32 Å². The Morgan fingerprint density at radius 2 is 1.96 bits per heavy atom. The summed E-state index contributed by atoms with van der Waals surface area (Å²) in [6, 6.07) is 14.5. The average molecular weight is 330 g/mol. The number of pyridine rings is 1. The maximum absolute atomic E-state index is 4.55. The van der Waals surface area contributed by atoms with Gasteiger partial charge in [-0.05, 0) is 35.7 Å². The molecule has 0 bridgehead atoms. The first-order chi connectivity index (χ1) is 11.9. The second kappa shape index (κ2) is 5.32. The summed E-state index contributed by atoms with van der Waals surface area (Å²) < 4.78 is 0. The molecule has 0 aliphatic heterocycles. The summed E-state index contributed by atoms with van der Waals surface area (Å²) in [6.07, 6.45) is 4.56. The van der Waals surface area contributed by atoms with Crippen LogP contribution in [-0.4, -0.2) is 15.2 Å². The fraction of sp³-hybridized carbons (Fsp3) is 0.0526. The molecule has 5 heteroatoms. The minimum atomic E-state index is 0.976. The molecule has 2 N–H and O–H groups in total. The van der Waals surface area contributed by atoms with E-state index in [1.54, 1.807) is 6.20 Å². The number of aromatic amines is 1. The van der Waals surface area contributed by atoms with Crippen LogP contribution in [-0.2, 0) is 6.42 Å². The average Bonchev–Trinajstić information content (AvgIpc) is 3.29. The van der Waals surface area contributed by atoms with Crippen LogP contribution in [0, 0.1) is 0 Å². The molecule has 0 fully saturated rings. The molecular formula is C19H14N4S. The second-order valence-electron chi connectivity index (χ2n) is 5.80. The molecule has 24 heavy (non-hydrogen) atoms. The molecule has 116 valence electrons. The Labute approximate surface area is 143 Å².